The molecule has 2 aromatic rings. The Bertz CT molecular complexity index is 1100. The summed E-state index contributed by atoms with van der Waals surface area (Å²) in [6, 6.07) is 6.74. The molecule has 0 saturated heterocycles. The lowest BCUT2D eigenvalue weighted by Crippen LogP contribution is -2.29. The van der Waals surface area contributed by atoms with E-state index in [-0.39, 0.29) is 37.9 Å². The monoisotopic (exact) mass is 471 g/mol. The van der Waals surface area contributed by atoms with Crippen molar-refractivity contribution in [2.75, 3.05) is 6.61 Å². The van der Waals surface area contributed by atoms with Crippen LogP contribution in [-0.2, 0) is 22.4 Å². The van der Waals surface area contributed by atoms with Crippen LogP contribution >= 0.6 is 23.2 Å². The van der Waals surface area contributed by atoms with Gasteiger partial charge in [-0.05, 0) is 55.2 Å². The van der Waals surface area contributed by atoms with Crippen molar-refractivity contribution < 1.29 is 27.8 Å². The summed E-state index contributed by atoms with van der Waals surface area (Å²) < 4.78 is 47.7. The quantitative estimate of drug-likeness (QED) is 0.566. The number of allylic oxidation sites excluding steroid dienone is 2. The third-order valence-electron chi connectivity index (χ3n) is 5.61. The average Bonchev–Trinajstić information content (AvgIpc) is 2.90. The van der Waals surface area contributed by atoms with Gasteiger partial charge < -0.3 is 9.84 Å². The van der Waals surface area contributed by atoms with Crippen LogP contribution in [0.4, 0.5) is 13.2 Å². The highest BCUT2D eigenvalue weighted by Gasteiger charge is 2.42. The number of aromatic nitrogens is 1. The summed E-state index contributed by atoms with van der Waals surface area (Å²) in [5, 5.41) is 9.96. The number of benzene rings is 1. The first kappa shape index (κ1) is 21.8. The molecular formula is C22H18Cl2F3NO3. The maximum Gasteiger partial charge on any atom is 0.392 e. The molecule has 0 spiro atoms. The van der Waals surface area contributed by atoms with Crippen molar-refractivity contribution in [1.82, 2.24) is 4.57 Å². The van der Waals surface area contributed by atoms with Crippen LogP contribution in [0.15, 0.2) is 42.0 Å². The van der Waals surface area contributed by atoms with E-state index < -0.39 is 18.1 Å². The van der Waals surface area contributed by atoms with E-state index in [1.807, 2.05) is 0 Å². The van der Waals surface area contributed by atoms with Gasteiger partial charge in [-0.2, -0.15) is 13.2 Å². The van der Waals surface area contributed by atoms with Crippen LogP contribution in [0.2, 0.25) is 10.0 Å². The second-order valence-electron chi connectivity index (χ2n) is 7.55. The second kappa shape index (κ2) is 8.28. The van der Waals surface area contributed by atoms with Gasteiger partial charge in [0.2, 0.25) is 0 Å². The van der Waals surface area contributed by atoms with Crippen molar-refractivity contribution in [3.8, 4) is 11.3 Å². The maximum atomic E-state index is 13.4. The lowest BCUT2D eigenvalue weighted by atomic mass is 9.87. The van der Waals surface area contributed by atoms with E-state index in [0.29, 0.717) is 32.7 Å². The average molecular weight is 472 g/mol. The van der Waals surface area contributed by atoms with Crippen LogP contribution in [-0.4, -0.2) is 28.4 Å². The fourth-order valence-electron chi connectivity index (χ4n) is 4.01. The van der Waals surface area contributed by atoms with Gasteiger partial charge in [-0.15, -0.1) is 0 Å². The fourth-order valence-corrected chi connectivity index (χ4v) is 4.31. The van der Waals surface area contributed by atoms with Crippen LogP contribution in [0.25, 0.3) is 17.1 Å². The number of nitrogens with zero attached hydrogens (tertiary/aromatic N) is 1. The van der Waals surface area contributed by atoms with Gasteiger partial charge >= 0.3 is 12.1 Å². The Labute approximate surface area is 186 Å². The number of rotatable bonds is 3. The largest absolute Gasteiger partial charge is 0.478 e. The smallest absolute Gasteiger partial charge is 0.392 e. The molecule has 0 fully saturated rings. The van der Waals surface area contributed by atoms with Gasteiger partial charge in [0, 0.05) is 23.3 Å². The van der Waals surface area contributed by atoms with Gasteiger partial charge in [0.15, 0.2) is 5.88 Å². The number of hydrogen-bond acceptors (Lipinski definition) is 2. The predicted molar refractivity (Wildman–Crippen MR) is 112 cm³/mol. The zero-order chi connectivity index (χ0) is 22.3. The van der Waals surface area contributed by atoms with E-state index in [9.17, 15) is 23.1 Å². The van der Waals surface area contributed by atoms with Crippen LogP contribution in [0, 0.1) is 5.92 Å². The van der Waals surface area contributed by atoms with Crippen molar-refractivity contribution in [1.29, 1.82) is 0 Å². The molecule has 164 valence electrons. The van der Waals surface area contributed by atoms with Crippen LogP contribution in [0.5, 0.6) is 0 Å². The molecule has 1 aliphatic heterocycles. The van der Waals surface area contributed by atoms with E-state index in [2.05, 4.69) is 0 Å². The van der Waals surface area contributed by atoms with E-state index in [0.717, 1.165) is 5.69 Å². The molecule has 2 aliphatic rings. The molecule has 31 heavy (non-hydrogen) atoms. The summed E-state index contributed by atoms with van der Waals surface area (Å²) in [5.74, 6) is -2.07. The first-order chi connectivity index (χ1) is 14.6. The van der Waals surface area contributed by atoms with Gasteiger partial charge in [0.05, 0.1) is 28.3 Å². The summed E-state index contributed by atoms with van der Waals surface area (Å²) in [5.41, 5.74) is 2.79. The minimum absolute atomic E-state index is 0.0230. The standard InChI is InChI=1S/C22H18Cl2F3NO3/c23-16-4-1-13(10-17(16)24)19-11-14-9-15(22(25,26)27)3-5-18(14)28(19)20-6-2-12(21(29)30)7-8-31-20/h1-2,4,6,10-11,15H,3,5,7-9H2,(H,29,30). The SMILES string of the molecule is O=C(O)C1=CC=C(n2c(-c3ccc(Cl)c(Cl)c3)cc3c2CCC(C(F)(F)F)C3)OCC1. The molecule has 4 rings (SSSR count). The molecule has 0 radical (unpaired) electrons. The van der Waals surface area contributed by atoms with E-state index in [4.69, 9.17) is 27.9 Å². The molecule has 9 heteroatoms. The Balaban J connectivity index is 1.86. The molecule has 1 aromatic heterocycles. The minimum atomic E-state index is -4.26. The zero-order valence-corrected chi connectivity index (χ0v) is 17.7. The molecule has 1 atom stereocenters. The first-order valence-corrected chi connectivity index (χ1v) is 10.4. The minimum Gasteiger partial charge on any atom is -0.478 e. The van der Waals surface area contributed by atoms with Gasteiger partial charge in [-0.25, -0.2) is 4.79 Å². The molecular weight excluding hydrogens is 454 g/mol. The topological polar surface area (TPSA) is 51.5 Å². The molecule has 1 N–H and O–H groups in total. The highest BCUT2D eigenvalue weighted by molar-refractivity contribution is 6.42. The van der Waals surface area contributed by atoms with Crippen LogP contribution in [0.3, 0.4) is 0 Å². The molecule has 4 nitrogen and oxygen atoms in total. The van der Waals surface area contributed by atoms with Crippen molar-refractivity contribution in [3.05, 3.63) is 63.3 Å². The second-order valence-corrected chi connectivity index (χ2v) is 8.36. The lowest BCUT2D eigenvalue weighted by Gasteiger charge is -2.26. The summed E-state index contributed by atoms with van der Waals surface area (Å²) in [7, 11) is 0. The summed E-state index contributed by atoms with van der Waals surface area (Å²) >= 11 is 12.2. The summed E-state index contributed by atoms with van der Waals surface area (Å²) in [6.07, 6.45) is -0.950. The van der Waals surface area contributed by atoms with Gasteiger partial charge in [0.25, 0.3) is 0 Å². The first-order valence-electron chi connectivity index (χ1n) is 9.68. The van der Waals surface area contributed by atoms with Crippen LogP contribution in [0.1, 0.15) is 24.1 Å². The zero-order valence-electron chi connectivity index (χ0n) is 16.2. The normalized spacial score (nSPS) is 19.1. The highest BCUT2D eigenvalue weighted by Crippen LogP contribution is 2.42. The molecule has 1 unspecified atom stereocenters. The molecule has 1 aliphatic carbocycles. The Hall–Kier alpha value is -2.38. The van der Waals surface area contributed by atoms with E-state index in [1.54, 1.807) is 34.9 Å². The van der Waals surface area contributed by atoms with E-state index in [1.165, 1.54) is 6.08 Å². The van der Waals surface area contributed by atoms with Crippen molar-refractivity contribution in [3.63, 3.8) is 0 Å². The molecule has 0 amide bonds. The summed E-state index contributed by atoms with van der Waals surface area (Å²) in [4.78, 5) is 11.3. The Morgan fingerprint density at radius 3 is 2.58 bits per heavy atom. The number of ether oxygens (including phenoxy) is 1. The fraction of sp³-hybridized carbons (Fsp3) is 0.318. The third-order valence-corrected chi connectivity index (χ3v) is 6.35. The van der Waals surface area contributed by atoms with Crippen molar-refractivity contribution >= 4 is 35.1 Å². The Morgan fingerprint density at radius 1 is 1.13 bits per heavy atom. The van der Waals surface area contributed by atoms with Crippen molar-refractivity contribution in [2.24, 2.45) is 5.92 Å². The van der Waals surface area contributed by atoms with Crippen LogP contribution < -0.4 is 0 Å². The Morgan fingerprint density at radius 2 is 1.90 bits per heavy atom. The number of carboxylic acids is 1. The number of aliphatic carboxylic acids is 1. The molecule has 2 heterocycles. The number of halogens is 5. The lowest BCUT2D eigenvalue weighted by molar-refractivity contribution is -0.177. The van der Waals surface area contributed by atoms with Gasteiger partial charge in [0.1, 0.15) is 0 Å². The molecule has 1 aromatic carbocycles. The van der Waals surface area contributed by atoms with Gasteiger partial charge in [-0.3, -0.25) is 4.57 Å². The van der Waals surface area contributed by atoms with E-state index >= 15 is 0 Å². The molecule has 0 saturated carbocycles. The highest BCUT2D eigenvalue weighted by atomic mass is 35.5. The Kier molecular flexibility index (Phi) is 5.83. The van der Waals surface area contributed by atoms with Gasteiger partial charge in [-0.1, -0.05) is 29.3 Å². The maximum absolute atomic E-state index is 13.4. The molecule has 0 bridgehead atoms. The number of carbonyl (C=O) groups is 1. The number of carboxylic acid groups (broad SMARTS) is 1. The predicted octanol–water partition coefficient (Wildman–Crippen LogP) is 6.36. The summed E-state index contributed by atoms with van der Waals surface area (Å²) in [6.45, 7) is 0.142. The third kappa shape index (κ3) is 4.34. The van der Waals surface area contributed by atoms with Crippen molar-refractivity contribution in [2.45, 2.75) is 31.9 Å². The number of hydrogen-bond donors (Lipinski definition) is 1. The number of fused-ring (bicyclic) bond motifs is 1. The number of alkyl halides is 3.